The molecule has 0 saturated carbocycles. The van der Waals surface area contributed by atoms with Gasteiger partial charge in [0.1, 0.15) is 0 Å². The highest BCUT2D eigenvalue weighted by molar-refractivity contribution is 7.92. The normalized spacial score (nSPS) is 11.2. The van der Waals surface area contributed by atoms with Gasteiger partial charge in [-0.1, -0.05) is 18.2 Å². The Hall–Kier alpha value is -3.56. The molecule has 0 aliphatic rings. The lowest BCUT2D eigenvalue weighted by Crippen LogP contribution is -2.30. The van der Waals surface area contributed by atoms with E-state index in [0.717, 1.165) is 11.3 Å². The van der Waals surface area contributed by atoms with Gasteiger partial charge in [-0.25, -0.2) is 13.4 Å². The molecule has 1 N–H and O–H groups in total. The lowest BCUT2D eigenvalue weighted by Gasteiger charge is -2.22. The van der Waals surface area contributed by atoms with Gasteiger partial charge in [0.15, 0.2) is 5.13 Å². The van der Waals surface area contributed by atoms with Crippen LogP contribution >= 0.6 is 11.3 Å². The molecule has 4 rings (SSSR count). The smallest absolute Gasteiger partial charge is 0.264 e. The Labute approximate surface area is 190 Å². The second-order valence-corrected chi connectivity index (χ2v) is 9.48. The van der Waals surface area contributed by atoms with Crippen LogP contribution in [0, 0.1) is 0 Å². The fourth-order valence-corrected chi connectivity index (χ4v) is 5.34. The number of carbonyl (C=O) groups is 1. The zero-order valence-electron chi connectivity index (χ0n) is 17.2. The van der Waals surface area contributed by atoms with Crippen LogP contribution in [0.4, 0.5) is 10.8 Å². The van der Waals surface area contributed by atoms with Gasteiger partial charge in [-0.2, -0.15) is 0 Å². The number of carbonyl (C=O) groups excluding carboxylic acids is 1. The number of aromatic nitrogens is 2. The van der Waals surface area contributed by atoms with Crippen molar-refractivity contribution in [3.8, 4) is 11.3 Å². The van der Waals surface area contributed by atoms with Gasteiger partial charge < -0.3 is 0 Å². The van der Waals surface area contributed by atoms with Crippen LogP contribution < -0.4 is 9.62 Å². The summed E-state index contributed by atoms with van der Waals surface area (Å²) in [6.07, 6.45) is 3.36. The lowest BCUT2D eigenvalue weighted by molar-refractivity contribution is 0.102. The van der Waals surface area contributed by atoms with E-state index in [1.54, 1.807) is 43.6 Å². The maximum absolute atomic E-state index is 13.1. The minimum Gasteiger partial charge on any atom is -0.298 e. The molecule has 0 bridgehead atoms. The van der Waals surface area contributed by atoms with Crippen LogP contribution in [0.3, 0.4) is 0 Å². The number of para-hydroxylation sites is 1. The number of sulfonamides is 1. The molecule has 2 heterocycles. The Balaban J connectivity index is 1.50. The Kier molecular flexibility index (Phi) is 6.29. The van der Waals surface area contributed by atoms with Gasteiger partial charge in [-0.05, 0) is 55.5 Å². The number of nitrogens with zero attached hydrogens (tertiary/aromatic N) is 3. The van der Waals surface area contributed by atoms with Crippen molar-refractivity contribution in [2.24, 2.45) is 0 Å². The Morgan fingerprint density at radius 2 is 1.69 bits per heavy atom. The summed E-state index contributed by atoms with van der Waals surface area (Å²) in [5, 5.41) is 5.07. The van der Waals surface area contributed by atoms with Crippen LogP contribution in [-0.2, 0) is 10.0 Å². The highest BCUT2D eigenvalue weighted by atomic mass is 32.2. The standard InChI is InChI=1S/C23H20N4O3S2/c1-2-27(19-6-4-3-5-7-19)32(29,30)20-10-8-18(9-11-20)22(28)26-23-25-21(16-31-23)17-12-14-24-15-13-17/h3-16H,2H2,1H3,(H,25,26,28). The number of benzene rings is 2. The summed E-state index contributed by atoms with van der Waals surface area (Å²) >= 11 is 1.31. The van der Waals surface area contributed by atoms with Crippen molar-refractivity contribution in [3.63, 3.8) is 0 Å². The summed E-state index contributed by atoms with van der Waals surface area (Å²) < 4.78 is 27.5. The minimum absolute atomic E-state index is 0.119. The molecular weight excluding hydrogens is 444 g/mol. The molecule has 0 fully saturated rings. The van der Waals surface area contributed by atoms with Crippen molar-refractivity contribution in [2.75, 3.05) is 16.2 Å². The average molecular weight is 465 g/mol. The van der Waals surface area contributed by atoms with E-state index in [9.17, 15) is 13.2 Å². The molecule has 0 unspecified atom stereocenters. The zero-order chi connectivity index (χ0) is 22.6. The van der Waals surface area contributed by atoms with Gasteiger partial charge in [-0.3, -0.25) is 19.4 Å². The van der Waals surface area contributed by atoms with Crippen molar-refractivity contribution in [1.82, 2.24) is 9.97 Å². The first-order valence-corrected chi connectivity index (χ1v) is 12.2. The molecule has 2 aromatic carbocycles. The Morgan fingerprint density at radius 1 is 1.00 bits per heavy atom. The van der Waals surface area contributed by atoms with E-state index < -0.39 is 10.0 Å². The van der Waals surface area contributed by atoms with Crippen molar-refractivity contribution in [3.05, 3.63) is 90.1 Å². The number of hydrogen-bond acceptors (Lipinski definition) is 6. The number of rotatable bonds is 7. The van der Waals surface area contributed by atoms with Gasteiger partial charge in [0.25, 0.3) is 15.9 Å². The number of anilines is 2. The van der Waals surface area contributed by atoms with Crippen molar-refractivity contribution < 1.29 is 13.2 Å². The molecule has 162 valence electrons. The number of hydrogen-bond donors (Lipinski definition) is 1. The molecule has 0 radical (unpaired) electrons. The number of pyridine rings is 1. The third-order valence-electron chi connectivity index (χ3n) is 4.74. The first-order chi connectivity index (χ1) is 15.5. The quantitative estimate of drug-likeness (QED) is 0.429. The number of thiazole rings is 1. The van der Waals surface area contributed by atoms with E-state index >= 15 is 0 Å². The number of amides is 1. The van der Waals surface area contributed by atoms with Gasteiger partial charge in [-0.15, -0.1) is 11.3 Å². The first-order valence-electron chi connectivity index (χ1n) is 9.84. The fraction of sp³-hybridized carbons (Fsp3) is 0.0870. The van der Waals surface area contributed by atoms with Crippen LogP contribution in [0.5, 0.6) is 0 Å². The molecule has 0 spiro atoms. The molecule has 1 amide bonds. The van der Waals surface area contributed by atoms with E-state index in [1.165, 1.54) is 39.9 Å². The van der Waals surface area contributed by atoms with E-state index in [-0.39, 0.29) is 10.8 Å². The lowest BCUT2D eigenvalue weighted by atomic mass is 10.2. The molecule has 2 aromatic heterocycles. The van der Waals surface area contributed by atoms with Crippen LogP contribution in [0.15, 0.2) is 89.4 Å². The summed E-state index contributed by atoms with van der Waals surface area (Å²) in [7, 11) is -3.75. The molecule has 0 aliphatic heterocycles. The van der Waals surface area contributed by atoms with Gasteiger partial charge in [0, 0.05) is 35.4 Å². The van der Waals surface area contributed by atoms with Crippen LogP contribution in [0.25, 0.3) is 11.3 Å². The third kappa shape index (κ3) is 4.53. The van der Waals surface area contributed by atoms with Gasteiger partial charge in [0.05, 0.1) is 16.3 Å². The summed E-state index contributed by atoms with van der Waals surface area (Å²) in [4.78, 5) is 21.1. The molecule has 7 nitrogen and oxygen atoms in total. The molecule has 0 saturated heterocycles. The minimum atomic E-state index is -3.75. The monoisotopic (exact) mass is 464 g/mol. The molecule has 4 aromatic rings. The summed E-state index contributed by atoms with van der Waals surface area (Å²) in [6.45, 7) is 2.07. The van der Waals surface area contributed by atoms with Crippen LogP contribution in [-0.4, -0.2) is 30.8 Å². The molecule has 0 aliphatic carbocycles. The van der Waals surface area contributed by atoms with E-state index in [1.807, 2.05) is 23.6 Å². The predicted molar refractivity (Wildman–Crippen MR) is 126 cm³/mol. The maximum Gasteiger partial charge on any atom is 0.264 e. The van der Waals surface area contributed by atoms with Gasteiger partial charge >= 0.3 is 0 Å². The van der Waals surface area contributed by atoms with Crippen LogP contribution in [0.1, 0.15) is 17.3 Å². The second-order valence-electron chi connectivity index (χ2n) is 6.76. The van der Waals surface area contributed by atoms with Crippen molar-refractivity contribution in [1.29, 1.82) is 0 Å². The van der Waals surface area contributed by atoms with Gasteiger partial charge in [0.2, 0.25) is 0 Å². The van der Waals surface area contributed by atoms with Crippen molar-refractivity contribution in [2.45, 2.75) is 11.8 Å². The maximum atomic E-state index is 13.1. The molecule has 0 atom stereocenters. The number of nitrogens with one attached hydrogen (secondary N) is 1. The van der Waals surface area contributed by atoms with Crippen LogP contribution in [0.2, 0.25) is 0 Å². The first kappa shape index (κ1) is 21.7. The van der Waals surface area contributed by atoms with E-state index in [4.69, 9.17) is 0 Å². The zero-order valence-corrected chi connectivity index (χ0v) is 18.8. The largest absolute Gasteiger partial charge is 0.298 e. The molecule has 9 heteroatoms. The molecular formula is C23H20N4O3S2. The van der Waals surface area contributed by atoms with E-state index in [2.05, 4.69) is 15.3 Å². The fourth-order valence-electron chi connectivity index (χ4n) is 3.15. The summed E-state index contributed by atoms with van der Waals surface area (Å²) in [6, 6.07) is 18.5. The molecule has 32 heavy (non-hydrogen) atoms. The topological polar surface area (TPSA) is 92.3 Å². The summed E-state index contributed by atoms with van der Waals surface area (Å²) in [5.41, 5.74) is 2.58. The second kappa shape index (κ2) is 9.29. The van der Waals surface area contributed by atoms with E-state index in [0.29, 0.717) is 22.9 Å². The predicted octanol–water partition coefficient (Wildman–Crippen LogP) is 4.67. The average Bonchev–Trinajstić information content (AvgIpc) is 3.29. The summed E-state index contributed by atoms with van der Waals surface area (Å²) in [5.74, 6) is -0.361. The van der Waals surface area contributed by atoms with Crippen molar-refractivity contribution >= 4 is 38.1 Å². The SMILES string of the molecule is CCN(c1ccccc1)S(=O)(=O)c1ccc(C(=O)Nc2nc(-c3ccncc3)cs2)cc1. The Bertz CT molecular complexity index is 1310. The highest BCUT2D eigenvalue weighted by Gasteiger charge is 2.23. The highest BCUT2D eigenvalue weighted by Crippen LogP contribution is 2.26. The Morgan fingerprint density at radius 3 is 2.34 bits per heavy atom. The third-order valence-corrected chi connectivity index (χ3v) is 7.41.